The first-order valence-electron chi connectivity index (χ1n) is 7.13. The number of likely N-dealkylation sites (tertiary alicyclic amines) is 1. The molecule has 0 bridgehead atoms. The minimum atomic E-state index is 0.0164. The maximum absolute atomic E-state index is 12.6. The number of carbonyl (C=O) groups excluding carboxylic acids is 1. The van der Waals surface area contributed by atoms with E-state index >= 15 is 0 Å². The van der Waals surface area contributed by atoms with Crippen LogP contribution < -0.4 is 5.73 Å². The highest BCUT2D eigenvalue weighted by molar-refractivity contribution is 5.95. The Balaban J connectivity index is 2.17. The van der Waals surface area contributed by atoms with Crippen LogP contribution in [0.4, 0.5) is 5.82 Å². The van der Waals surface area contributed by atoms with Gasteiger partial charge in [0.2, 0.25) is 0 Å². The molecule has 0 radical (unpaired) electrons. The molecule has 2 rings (SSSR count). The number of rotatable bonds is 3. The van der Waals surface area contributed by atoms with Crippen molar-refractivity contribution < 1.29 is 9.53 Å². The number of nitrogen functional groups attached to an aromatic ring is 1. The average molecular weight is 277 g/mol. The summed E-state index contributed by atoms with van der Waals surface area (Å²) in [5.74, 6) is 0.905. The number of hydrogen-bond donors (Lipinski definition) is 1. The van der Waals surface area contributed by atoms with Crippen LogP contribution in [0, 0.1) is 5.92 Å². The number of hydrogen-bond acceptors (Lipinski definition) is 4. The molecule has 0 aromatic carbocycles. The molecule has 1 aromatic rings. The van der Waals surface area contributed by atoms with Gasteiger partial charge in [0, 0.05) is 31.5 Å². The second-order valence-electron chi connectivity index (χ2n) is 5.42. The first-order chi connectivity index (χ1) is 9.55. The molecule has 110 valence electrons. The molecule has 2 N–H and O–H groups in total. The number of ether oxygens (including phenoxy) is 1. The Bertz CT molecular complexity index is 490. The summed E-state index contributed by atoms with van der Waals surface area (Å²) in [5, 5.41) is 0. The number of pyridine rings is 1. The van der Waals surface area contributed by atoms with Crippen LogP contribution >= 0.6 is 0 Å². The number of anilines is 1. The summed E-state index contributed by atoms with van der Waals surface area (Å²) >= 11 is 0. The van der Waals surface area contributed by atoms with Crippen LogP contribution in [0.25, 0.3) is 0 Å². The van der Waals surface area contributed by atoms with Crippen LogP contribution in [0.5, 0.6) is 0 Å². The number of carbonyl (C=O) groups is 1. The summed E-state index contributed by atoms with van der Waals surface area (Å²) in [7, 11) is 1.70. The predicted molar refractivity (Wildman–Crippen MR) is 78.5 cm³/mol. The Morgan fingerprint density at radius 2 is 2.30 bits per heavy atom. The minimum Gasteiger partial charge on any atom is -0.384 e. The number of piperidine rings is 1. The first kappa shape index (κ1) is 14.8. The van der Waals surface area contributed by atoms with Crippen LogP contribution in [0.3, 0.4) is 0 Å². The van der Waals surface area contributed by atoms with E-state index in [2.05, 4.69) is 11.9 Å². The van der Waals surface area contributed by atoms with Crippen LogP contribution in [-0.4, -0.2) is 42.1 Å². The Morgan fingerprint density at radius 1 is 1.55 bits per heavy atom. The fraction of sp³-hybridized carbons (Fsp3) is 0.600. The molecule has 2 heterocycles. The fourth-order valence-electron chi connectivity index (χ4n) is 2.62. The SMILES string of the molecule is CCc1cc(C(=O)N2CCC(C)C(OC)C2)cc(N)n1. The maximum atomic E-state index is 12.6. The van der Waals surface area contributed by atoms with Crippen molar-refractivity contribution in [2.24, 2.45) is 5.92 Å². The number of nitrogens with zero attached hydrogens (tertiary/aromatic N) is 2. The van der Waals surface area contributed by atoms with E-state index in [4.69, 9.17) is 10.5 Å². The van der Waals surface area contributed by atoms with E-state index in [1.165, 1.54) is 0 Å². The van der Waals surface area contributed by atoms with Crippen molar-refractivity contribution in [3.8, 4) is 0 Å². The van der Waals surface area contributed by atoms with Crippen molar-refractivity contribution in [3.05, 3.63) is 23.4 Å². The largest absolute Gasteiger partial charge is 0.384 e. The van der Waals surface area contributed by atoms with Crippen molar-refractivity contribution in [2.75, 3.05) is 25.9 Å². The Labute approximate surface area is 120 Å². The predicted octanol–water partition coefficient (Wildman–Crippen LogP) is 1.72. The lowest BCUT2D eigenvalue weighted by Crippen LogP contribution is -2.46. The molecular formula is C15H23N3O2. The molecule has 5 heteroatoms. The molecule has 5 nitrogen and oxygen atoms in total. The normalized spacial score (nSPS) is 22.9. The van der Waals surface area contributed by atoms with Crippen molar-refractivity contribution in [2.45, 2.75) is 32.8 Å². The van der Waals surface area contributed by atoms with Gasteiger partial charge in [-0.3, -0.25) is 4.79 Å². The van der Waals surface area contributed by atoms with Gasteiger partial charge in [-0.1, -0.05) is 13.8 Å². The number of nitrogens with two attached hydrogens (primary N) is 1. The number of aryl methyl sites for hydroxylation is 1. The highest BCUT2D eigenvalue weighted by atomic mass is 16.5. The van der Waals surface area contributed by atoms with E-state index in [0.29, 0.717) is 23.8 Å². The number of aromatic nitrogens is 1. The zero-order chi connectivity index (χ0) is 14.7. The van der Waals surface area contributed by atoms with E-state index in [1.807, 2.05) is 17.9 Å². The lowest BCUT2D eigenvalue weighted by Gasteiger charge is -2.36. The molecule has 1 saturated heterocycles. The van der Waals surface area contributed by atoms with Gasteiger partial charge in [-0.05, 0) is 30.9 Å². The molecule has 20 heavy (non-hydrogen) atoms. The molecule has 1 amide bonds. The molecule has 1 aliphatic heterocycles. The third-order valence-corrected chi connectivity index (χ3v) is 3.99. The van der Waals surface area contributed by atoms with Crippen LogP contribution in [0.1, 0.15) is 36.3 Å². The topological polar surface area (TPSA) is 68.5 Å². The maximum Gasteiger partial charge on any atom is 0.254 e. The van der Waals surface area contributed by atoms with Gasteiger partial charge in [0.05, 0.1) is 6.10 Å². The van der Waals surface area contributed by atoms with E-state index in [-0.39, 0.29) is 12.0 Å². The summed E-state index contributed by atoms with van der Waals surface area (Å²) in [6, 6.07) is 3.49. The smallest absolute Gasteiger partial charge is 0.254 e. The second-order valence-corrected chi connectivity index (χ2v) is 5.42. The third-order valence-electron chi connectivity index (χ3n) is 3.99. The molecule has 2 unspecified atom stereocenters. The second kappa shape index (κ2) is 6.22. The van der Waals surface area contributed by atoms with E-state index in [9.17, 15) is 4.79 Å². The van der Waals surface area contributed by atoms with Crippen molar-refractivity contribution in [1.29, 1.82) is 0 Å². The Morgan fingerprint density at radius 3 is 2.95 bits per heavy atom. The highest BCUT2D eigenvalue weighted by Gasteiger charge is 2.29. The van der Waals surface area contributed by atoms with Gasteiger partial charge in [-0.15, -0.1) is 0 Å². The molecule has 1 aliphatic rings. The lowest BCUT2D eigenvalue weighted by molar-refractivity contribution is -0.00157. The van der Waals surface area contributed by atoms with E-state index < -0.39 is 0 Å². The summed E-state index contributed by atoms with van der Waals surface area (Å²) < 4.78 is 5.46. The molecule has 0 spiro atoms. The average Bonchev–Trinajstić information content (AvgIpc) is 2.46. The standard InChI is InChI=1S/C15H23N3O2/c1-4-12-7-11(8-14(16)17-12)15(19)18-6-5-10(2)13(9-18)20-3/h7-8,10,13H,4-6,9H2,1-3H3,(H2,16,17). The lowest BCUT2D eigenvalue weighted by atomic mass is 9.95. The van der Waals surface area contributed by atoms with Gasteiger partial charge < -0.3 is 15.4 Å². The zero-order valence-corrected chi connectivity index (χ0v) is 12.4. The quantitative estimate of drug-likeness (QED) is 0.913. The molecular weight excluding hydrogens is 254 g/mol. The number of methoxy groups -OCH3 is 1. The zero-order valence-electron chi connectivity index (χ0n) is 12.4. The molecule has 2 atom stereocenters. The molecule has 1 aromatic heterocycles. The molecule has 0 saturated carbocycles. The summed E-state index contributed by atoms with van der Waals surface area (Å²) in [6.45, 7) is 5.57. The van der Waals surface area contributed by atoms with E-state index in [0.717, 1.165) is 25.1 Å². The van der Waals surface area contributed by atoms with Crippen molar-refractivity contribution >= 4 is 11.7 Å². The van der Waals surface area contributed by atoms with Crippen LogP contribution in [0.15, 0.2) is 12.1 Å². The monoisotopic (exact) mass is 277 g/mol. The van der Waals surface area contributed by atoms with Gasteiger partial charge >= 0.3 is 0 Å². The van der Waals surface area contributed by atoms with Crippen molar-refractivity contribution in [1.82, 2.24) is 9.88 Å². The fourth-order valence-corrected chi connectivity index (χ4v) is 2.62. The third kappa shape index (κ3) is 3.10. The Kier molecular flexibility index (Phi) is 4.60. The van der Waals surface area contributed by atoms with Crippen LogP contribution in [-0.2, 0) is 11.2 Å². The van der Waals surface area contributed by atoms with Crippen LogP contribution in [0.2, 0.25) is 0 Å². The van der Waals surface area contributed by atoms with Gasteiger partial charge in [-0.25, -0.2) is 4.98 Å². The summed E-state index contributed by atoms with van der Waals surface area (Å²) in [6.07, 6.45) is 1.84. The minimum absolute atomic E-state index is 0.0164. The van der Waals surface area contributed by atoms with Gasteiger partial charge in [0.15, 0.2) is 0 Å². The molecule has 0 aliphatic carbocycles. The van der Waals surface area contributed by atoms with Gasteiger partial charge in [0.25, 0.3) is 5.91 Å². The van der Waals surface area contributed by atoms with Gasteiger partial charge in [-0.2, -0.15) is 0 Å². The van der Waals surface area contributed by atoms with E-state index in [1.54, 1.807) is 13.2 Å². The highest BCUT2D eigenvalue weighted by Crippen LogP contribution is 2.21. The summed E-state index contributed by atoms with van der Waals surface area (Å²) in [5.41, 5.74) is 7.24. The number of amides is 1. The first-order valence-corrected chi connectivity index (χ1v) is 7.13. The summed E-state index contributed by atoms with van der Waals surface area (Å²) in [4.78, 5) is 18.6. The Hall–Kier alpha value is -1.62. The van der Waals surface area contributed by atoms with Crippen molar-refractivity contribution in [3.63, 3.8) is 0 Å². The molecule has 1 fully saturated rings. The van der Waals surface area contributed by atoms with Gasteiger partial charge in [0.1, 0.15) is 5.82 Å².